The molecule has 0 aromatic heterocycles. The fourth-order valence-corrected chi connectivity index (χ4v) is 14.7. The van der Waals surface area contributed by atoms with Gasteiger partial charge in [-0.05, 0) is 84.3 Å². The molecule has 0 saturated carbocycles. The summed E-state index contributed by atoms with van der Waals surface area (Å²) in [6, 6.07) is 0. The summed E-state index contributed by atoms with van der Waals surface area (Å²) in [5.41, 5.74) is 4.28. The van der Waals surface area contributed by atoms with Crippen LogP contribution in [0.5, 0.6) is 0 Å². The van der Waals surface area contributed by atoms with E-state index < -0.39 is 0 Å². The van der Waals surface area contributed by atoms with Crippen molar-refractivity contribution >= 4 is 15.8 Å². The summed E-state index contributed by atoms with van der Waals surface area (Å²) in [5, 5.41) is 0. The molecule has 0 nitrogen and oxygen atoms in total. The normalized spacial score (nSPS) is 29.3. The Morgan fingerprint density at radius 1 is 0.519 bits per heavy atom. The summed E-state index contributed by atoms with van der Waals surface area (Å²) >= 11 is 0. The van der Waals surface area contributed by atoms with Crippen LogP contribution in [0, 0.1) is 23.7 Å². The third-order valence-corrected chi connectivity index (χ3v) is 15.6. The van der Waals surface area contributed by atoms with Crippen LogP contribution in [0.2, 0.25) is 0 Å². The smallest absolute Gasteiger partial charge is 1.00 e. The molecular weight excluding hydrogens is 587 g/mol. The SMILES string of the molecule is CC(C)[C@H]1CC[C@H](C(C)C)P1CCP1[C@@H](C(C)C)CC[C@@H]1C(C)C.[Br-].[Br-].[Ru+2]. The van der Waals surface area contributed by atoms with Crippen molar-refractivity contribution < 1.29 is 53.4 Å². The zero-order chi connectivity index (χ0) is 18.0. The molecule has 0 aromatic rings. The van der Waals surface area contributed by atoms with Crippen LogP contribution in [0.3, 0.4) is 0 Å². The second-order valence-corrected chi connectivity index (χ2v) is 15.5. The van der Waals surface area contributed by atoms with Crippen molar-refractivity contribution in [3.63, 3.8) is 0 Å². The van der Waals surface area contributed by atoms with Gasteiger partial charge in [0.25, 0.3) is 0 Å². The Morgan fingerprint density at radius 2 is 0.704 bits per heavy atom. The molecule has 0 unspecified atom stereocenters. The summed E-state index contributed by atoms with van der Waals surface area (Å²) in [7, 11) is 0.545. The van der Waals surface area contributed by atoms with Gasteiger partial charge < -0.3 is 34.0 Å². The van der Waals surface area contributed by atoms with E-state index in [9.17, 15) is 0 Å². The standard InChI is InChI=1S/C22H44P2.2BrH.Ru/c1-15(2)19-9-10-20(16(3)4)23(19)13-14-24-21(17(5)6)11-12-22(24)18(7)8;;;/h15-22H,9-14H2,1-8H3;2*1H;/q;;;+2/p-2/t19-,20-,21-,22-;;;/m1.../s1. The van der Waals surface area contributed by atoms with Crippen molar-refractivity contribution in [1.29, 1.82) is 0 Å². The topological polar surface area (TPSA) is 0 Å². The van der Waals surface area contributed by atoms with Crippen molar-refractivity contribution in [2.75, 3.05) is 12.3 Å². The first-order chi connectivity index (χ1) is 11.2. The Labute approximate surface area is 207 Å². The number of rotatable bonds is 7. The molecule has 0 radical (unpaired) electrons. The van der Waals surface area contributed by atoms with Crippen LogP contribution in [0.4, 0.5) is 0 Å². The van der Waals surface area contributed by atoms with Crippen LogP contribution in [-0.4, -0.2) is 35.0 Å². The maximum atomic E-state index is 2.50. The van der Waals surface area contributed by atoms with E-state index in [0.29, 0.717) is 0 Å². The van der Waals surface area contributed by atoms with Gasteiger partial charge in [0.05, 0.1) is 0 Å². The molecule has 0 aliphatic carbocycles. The molecule has 2 aliphatic rings. The van der Waals surface area contributed by atoms with Gasteiger partial charge in [0.15, 0.2) is 0 Å². The minimum Gasteiger partial charge on any atom is -1.00 e. The average Bonchev–Trinajstić information content (AvgIpc) is 3.08. The monoisotopic (exact) mass is 630 g/mol. The van der Waals surface area contributed by atoms with Crippen LogP contribution in [0.15, 0.2) is 0 Å². The summed E-state index contributed by atoms with van der Waals surface area (Å²) in [5.74, 6) is 3.66. The summed E-state index contributed by atoms with van der Waals surface area (Å²) in [6.45, 7) is 20.0. The van der Waals surface area contributed by atoms with Gasteiger partial charge in [-0.15, -0.1) is 0 Å². The van der Waals surface area contributed by atoms with Gasteiger partial charge in [-0.1, -0.05) is 71.2 Å². The molecular formula is C22H44Br2P2Ru. The number of halogens is 2. The maximum Gasteiger partial charge on any atom is 2.00 e. The van der Waals surface area contributed by atoms with Gasteiger partial charge in [0.2, 0.25) is 0 Å². The van der Waals surface area contributed by atoms with Crippen molar-refractivity contribution in [2.24, 2.45) is 23.7 Å². The molecule has 5 heteroatoms. The molecule has 0 aromatic carbocycles. The molecule has 0 N–H and O–H groups in total. The molecule has 2 fully saturated rings. The van der Waals surface area contributed by atoms with E-state index in [2.05, 4.69) is 55.4 Å². The van der Waals surface area contributed by atoms with Crippen LogP contribution >= 0.6 is 15.8 Å². The van der Waals surface area contributed by atoms with Gasteiger partial charge in [0, 0.05) is 0 Å². The van der Waals surface area contributed by atoms with E-state index in [1.807, 2.05) is 0 Å². The summed E-state index contributed by atoms with van der Waals surface area (Å²) in [6.07, 6.45) is 9.35. The van der Waals surface area contributed by atoms with E-state index in [1.54, 1.807) is 12.3 Å². The largest absolute Gasteiger partial charge is 2.00 e. The second kappa shape index (κ2) is 14.5. The minimum absolute atomic E-state index is 0. The third kappa shape index (κ3) is 8.14. The van der Waals surface area contributed by atoms with Crippen LogP contribution in [0.25, 0.3) is 0 Å². The third-order valence-electron chi connectivity index (χ3n) is 6.91. The molecule has 2 heterocycles. The Morgan fingerprint density at radius 3 is 0.852 bits per heavy atom. The zero-order valence-electron chi connectivity index (χ0n) is 18.9. The van der Waals surface area contributed by atoms with Crippen LogP contribution in [-0.2, 0) is 19.5 Å². The molecule has 4 atom stereocenters. The van der Waals surface area contributed by atoms with Gasteiger partial charge in [0.1, 0.15) is 0 Å². The Hall–Kier alpha value is 2.44. The number of hydrogen-bond donors (Lipinski definition) is 0. The fourth-order valence-electron chi connectivity index (χ4n) is 5.60. The van der Waals surface area contributed by atoms with Crippen molar-refractivity contribution in [3.05, 3.63) is 0 Å². The molecule has 2 saturated heterocycles. The van der Waals surface area contributed by atoms with Gasteiger partial charge >= 0.3 is 19.5 Å². The predicted molar refractivity (Wildman–Crippen MR) is 117 cm³/mol. The van der Waals surface area contributed by atoms with E-state index >= 15 is 0 Å². The molecule has 0 spiro atoms. The zero-order valence-corrected chi connectivity index (χ0v) is 25.6. The molecule has 2 aliphatic heterocycles. The molecule has 2 rings (SSSR count). The van der Waals surface area contributed by atoms with E-state index in [0.717, 1.165) is 46.3 Å². The summed E-state index contributed by atoms with van der Waals surface area (Å²) < 4.78 is 0. The van der Waals surface area contributed by atoms with Crippen molar-refractivity contribution in [1.82, 2.24) is 0 Å². The molecule has 27 heavy (non-hydrogen) atoms. The minimum atomic E-state index is 0. The molecule has 0 bridgehead atoms. The van der Waals surface area contributed by atoms with Crippen LogP contribution < -0.4 is 34.0 Å². The van der Waals surface area contributed by atoms with Gasteiger partial charge in [-0.3, -0.25) is 0 Å². The van der Waals surface area contributed by atoms with E-state index in [1.165, 1.54) is 25.7 Å². The van der Waals surface area contributed by atoms with E-state index in [4.69, 9.17) is 0 Å². The van der Waals surface area contributed by atoms with E-state index in [-0.39, 0.29) is 69.3 Å². The predicted octanol–water partition coefficient (Wildman–Crippen LogP) is 1.64. The van der Waals surface area contributed by atoms with Crippen LogP contribution in [0.1, 0.15) is 81.1 Å². The first-order valence-corrected chi connectivity index (χ1v) is 14.1. The average molecular weight is 631 g/mol. The van der Waals surface area contributed by atoms with Crippen molar-refractivity contribution in [3.8, 4) is 0 Å². The molecule has 0 amide bonds. The Bertz CT molecular complexity index is 323. The Balaban J connectivity index is 0. The quantitative estimate of drug-likeness (QED) is 0.297. The Kier molecular flexibility index (Phi) is 17.0. The first kappa shape index (κ1) is 31.6. The van der Waals surface area contributed by atoms with Gasteiger partial charge in [-0.25, -0.2) is 0 Å². The van der Waals surface area contributed by atoms with Gasteiger partial charge in [-0.2, -0.15) is 0 Å². The first-order valence-electron chi connectivity index (χ1n) is 10.8. The maximum absolute atomic E-state index is 2.50. The van der Waals surface area contributed by atoms with Crippen molar-refractivity contribution in [2.45, 2.75) is 104 Å². The second-order valence-electron chi connectivity index (χ2n) is 9.88. The molecule has 164 valence electrons. The number of hydrogen-bond acceptors (Lipinski definition) is 0. The summed E-state index contributed by atoms with van der Waals surface area (Å²) in [4.78, 5) is 0. The fraction of sp³-hybridized carbons (Fsp3) is 1.00.